The lowest BCUT2D eigenvalue weighted by Crippen LogP contribution is -2.46. The van der Waals surface area contributed by atoms with Gasteiger partial charge in [0, 0.05) is 18.6 Å². The molecule has 0 saturated carbocycles. The number of hydrogen-bond acceptors (Lipinski definition) is 8. The van der Waals surface area contributed by atoms with Crippen LogP contribution in [0.25, 0.3) is 0 Å². The number of ether oxygens (including phenoxy) is 2. The Morgan fingerprint density at radius 3 is 2.00 bits per heavy atom. The molecule has 1 aliphatic rings. The van der Waals surface area contributed by atoms with E-state index in [1.165, 1.54) is 19.2 Å². The summed E-state index contributed by atoms with van der Waals surface area (Å²) >= 11 is 0. The summed E-state index contributed by atoms with van der Waals surface area (Å²) in [4.78, 5) is 2.09. The fourth-order valence-electron chi connectivity index (χ4n) is 3.94. The van der Waals surface area contributed by atoms with E-state index in [1.54, 1.807) is 19.2 Å². The lowest BCUT2D eigenvalue weighted by Gasteiger charge is -2.28. The topological polar surface area (TPSA) is 102 Å². The number of nitrogens with zero attached hydrogens (tertiary/aromatic N) is 1. The van der Waals surface area contributed by atoms with Gasteiger partial charge in [0.15, 0.2) is 19.7 Å². The van der Waals surface area contributed by atoms with Crippen molar-refractivity contribution in [2.24, 2.45) is 0 Å². The van der Waals surface area contributed by atoms with Gasteiger partial charge in [-0.3, -0.25) is 0 Å². The van der Waals surface area contributed by atoms with Crippen molar-refractivity contribution in [1.82, 2.24) is 10.2 Å². The van der Waals surface area contributed by atoms with Crippen molar-refractivity contribution in [2.45, 2.75) is 22.2 Å². The third-order valence-corrected chi connectivity index (χ3v) is 9.95. The highest BCUT2D eigenvalue weighted by molar-refractivity contribution is 7.96. The fourth-order valence-corrected chi connectivity index (χ4v) is 8.66. The van der Waals surface area contributed by atoms with Gasteiger partial charge in [-0.05, 0) is 56.1 Å². The third-order valence-electron chi connectivity index (χ3n) is 5.78. The zero-order valence-electron chi connectivity index (χ0n) is 18.7. The standard InChI is InChI=1S/C22H30N2O6S2/c1-24(2)21(16-5-7-17(29-3)8-6-16)13-23-20-14-31(25,26)15-22(20)32(27,28)19-11-9-18(30-4)10-12-19/h5-12,20-23H,13-15H2,1-4H3/t20-,21?,22-/m0/s1. The molecular weight excluding hydrogens is 452 g/mol. The van der Waals surface area contributed by atoms with Gasteiger partial charge in [0.1, 0.15) is 11.5 Å². The maximum atomic E-state index is 13.3. The molecule has 1 saturated heterocycles. The Bertz CT molecular complexity index is 1110. The molecule has 0 amide bonds. The summed E-state index contributed by atoms with van der Waals surface area (Å²) < 4.78 is 61.7. The molecular formula is C22H30N2O6S2. The molecule has 1 aliphatic heterocycles. The molecule has 0 radical (unpaired) electrons. The SMILES string of the molecule is COc1ccc(C(CN[C@H]2CS(=O)(=O)C[C@@H]2S(=O)(=O)c2ccc(OC)cc2)N(C)C)cc1. The first-order valence-corrected chi connectivity index (χ1v) is 13.6. The second kappa shape index (κ2) is 9.78. The maximum absolute atomic E-state index is 13.3. The van der Waals surface area contributed by atoms with Gasteiger partial charge in [-0.2, -0.15) is 0 Å². The normalized spacial score (nSPS) is 21.4. The molecule has 1 N–H and O–H groups in total. The molecule has 0 bridgehead atoms. The lowest BCUT2D eigenvalue weighted by atomic mass is 10.1. The highest BCUT2D eigenvalue weighted by Crippen LogP contribution is 2.28. The lowest BCUT2D eigenvalue weighted by molar-refractivity contribution is 0.281. The first-order valence-electron chi connectivity index (χ1n) is 10.2. The van der Waals surface area contributed by atoms with Crippen LogP contribution in [0.15, 0.2) is 53.4 Å². The first-order chi connectivity index (χ1) is 15.1. The third kappa shape index (κ3) is 5.43. The van der Waals surface area contributed by atoms with Crippen LogP contribution in [0.1, 0.15) is 11.6 Å². The minimum Gasteiger partial charge on any atom is -0.497 e. The van der Waals surface area contributed by atoms with Gasteiger partial charge in [0.05, 0.1) is 35.9 Å². The summed E-state index contributed by atoms with van der Waals surface area (Å²) in [5.74, 6) is 0.669. The van der Waals surface area contributed by atoms with E-state index in [-0.39, 0.29) is 16.7 Å². The predicted molar refractivity (Wildman–Crippen MR) is 124 cm³/mol. The number of nitrogens with one attached hydrogen (secondary N) is 1. The average molecular weight is 483 g/mol. The minimum atomic E-state index is -3.85. The van der Waals surface area contributed by atoms with Crippen molar-refractivity contribution >= 4 is 19.7 Å². The molecule has 0 aliphatic carbocycles. The van der Waals surface area contributed by atoms with Crippen molar-refractivity contribution < 1.29 is 26.3 Å². The molecule has 10 heteroatoms. The van der Waals surface area contributed by atoms with Crippen LogP contribution in [0, 0.1) is 0 Å². The molecule has 3 atom stereocenters. The van der Waals surface area contributed by atoms with Crippen LogP contribution in [-0.4, -0.2) is 79.4 Å². The highest BCUT2D eigenvalue weighted by atomic mass is 32.2. The van der Waals surface area contributed by atoms with Crippen LogP contribution in [0.3, 0.4) is 0 Å². The summed E-state index contributed by atoms with van der Waals surface area (Å²) in [6.45, 7) is 0.397. The summed E-state index contributed by atoms with van der Waals surface area (Å²) in [6, 6.07) is 12.9. The monoisotopic (exact) mass is 482 g/mol. The van der Waals surface area contributed by atoms with Gasteiger partial charge < -0.3 is 19.7 Å². The molecule has 176 valence electrons. The Morgan fingerprint density at radius 1 is 0.969 bits per heavy atom. The van der Waals surface area contributed by atoms with E-state index in [1.807, 2.05) is 43.3 Å². The summed E-state index contributed by atoms with van der Waals surface area (Å²) in [5, 5.41) is 2.18. The number of rotatable bonds is 9. The van der Waals surface area contributed by atoms with Gasteiger partial charge in [0.25, 0.3) is 0 Å². The van der Waals surface area contributed by atoms with Gasteiger partial charge in [-0.15, -0.1) is 0 Å². The Morgan fingerprint density at radius 2 is 1.50 bits per heavy atom. The van der Waals surface area contributed by atoms with E-state index in [4.69, 9.17) is 9.47 Å². The van der Waals surface area contributed by atoms with Gasteiger partial charge >= 0.3 is 0 Å². The molecule has 1 fully saturated rings. The van der Waals surface area contributed by atoms with Crippen molar-refractivity contribution in [3.8, 4) is 11.5 Å². The number of sulfone groups is 2. The number of methoxy groups -OCH3 is 2. The Labute approximate surface area is 190 Å². The highest BCUT2D eigenvalue weighted by Gasteiger charge is 2.45. The van der Waals surface area contributed by atoms with E-state index >= 15 is 0 Å². The minimum absolute atomic E-state index is 0.0754. The van der Waals surface area contributed by atoms with Gasteiger partial charge in [-0.1, -0.05) is 12.1 Å². The molecule has 2 aromatic carbocycles. The average Bonchev–Trinajstić information content (AvgIpc) is 3.09. The number of benzene rings is 2. The molecule has 32 heavy (non-hydrogen) atoms. The first kappa shape index (κ1) is 24.5. The van der Waals surface area contributed by atoms with E-state index in [2.05, 4.69) is 5.32 Å². The summed E-state index contributed by atoms with van der Waals surface area (Å²) in [7, 11) is -0.393. The van der Waals surface area contributed by atoms with E-state index in [0.717, 1.165) is 11.3 Å². The van der Waals surface area contributed by atoms with E-state index < -0.39 is 36.7 Å². The van der Waals surface area contributed by atoms with Crippen molar-refractivity contribution in [2.75, 3.05) is 46.4 Å². The van der Waals surface area contributed by atoms with Crippen molar-refractivity contribution in [3.05, 3.63) is 54.1 Å². The van der Waals surface area contributed by atoms with Crippen LogP contribution in [0.4, 0.5) is 0 Å². The van der Waals surface area contributed by atoms with Crippen LogP contribution in [0.2, 0.25) is 0 Å². The Kier molecular flexibility index (Phi) is 7.49. The molecule has 0 spiro atoms. The molecule has 2 aromatic rings. The second-order valence-corrected chi connectivity index (χ2v) is 12.4. The smallest absolute Gasteiger partial charge is 0.183 e. The van der Waals surface area contributed by atoms with Crippen LogP contribution >= 0.6 is 0 Å². The molecule has 3 rings (SSSR count). The van der Waals surface area contributed by atoms with Gasteiger partial charge in [0.2, 0.25) is 0 Å². The molecule has 8 nitrogen and oxygen atoms in total. The summed E-state index contributed by atoms with van der Waals surface area (Å²) in [6.07, 6.45) is 0. The molecule has 1 unspecified atom stereocenters. The van der Waals surface area contributed by atoms with Crippen molar-refractivity contribution in [3.63, 3.8) is 0 Å². The predicted octanol–water partition coefficient (Wildman–Crippen LogP) is 1.54. The van der Waals surface area contributed by atoms with Crippen molar-refractivity contribution in [1.29, 1.82) is 0 Å². The van der Waals surface area contributed by atoms with Crippen LogP contribution in [0.5, 0.6) is 11.5 Å². The Hall–Kier alpha value is -2.14. The maximum Gasteiger partial charge on any atom is 0.183 e. The molecule has 1 heterocycles. The second-order valence-electron chi connectivity index (χ2n) is 8.10. The zero-order chi connectivity index (χ0) is 23.5. The summed E-state index contributed by atoms with van der Waals surface area (Å²) in [5.41, 5.74) is 1.01. The molecule has 0 aromatic heterocycles. The zero-order valence-corrected chi connectivity index (χ0v) is 20.3. The Balaban J connectivity index is 1.82. The van der Waals surface area contributed by atoms with E-state index in [9.17, 15) is 16.8 Å². The fraction of sp³-hybridized carbons (Fsp3) is 0.455. The quantitative estimate of drug-likeness (QED) is 0.574. The van der Waals surface area contributed by atoms with Crippen LogP contribution in [-0.2, 0) is 19.7 Å². The number of hydrogen-bond donors (Lipinski definition) is 1. The number of likely N-dealkylation sites (N-methyl/N-ethyl adjacent to an activating group) is 1. The largest absolute Gasteiger partial charge is 0.497 e. The van der Waals surface area contributed by atoms with E-state index in [0.29, 0.717) is 12.3 Å². The van der Waals surface area contributed by atoms with Crippen LogP contribution < -0.4 is 14.8 Å². The van der Waals surface area contributed by atoms with Gasteiger partial charge in [-0.25, -0.2) is 16.8 Å².